The number of rotatable bonds is 5. The lowest BCUT2D eigenvalue weighted by Crippen LogP contribution is -2.18. The van der Waals surface area contributed by atoms with Gasteiger partial charge in [-0.05, 0) is 37.6 Å². The summed E-state index contributed by atoms with van der Waals surface area (Å²) in [6.07, 6.45) is 1.35. The van der Waals surface area contributed by atoms with Crippen LogP contribution >= 0.6 is 0 Å². The van der Waals surface area contributed by atoms with E-state index in [1.165, 1.54) is 6.07 Å². The summed E-state index contributed by atoms with van der Waals surface area (Å²) in [5.74, 6) is -3.60. The highest BCUT2D eigenvalue weighted by molar-refractivity contribution is 5.20. The predicted molar refractivity (Wildman–Crippen MR) is 53.2 cm³/mol. The minimum absolute atomic E-state index is 0.206. The molecule has 0 unspecified atom stereocenters. The molecule has 4 heteroatoms. The largest absolute Gasteiger partial charge is 0.316 e. The normalized spacial score (nSPS) is 10.7. The Kier molecular flexibility index (Phi) is 4.62. The van der Waals surface area contributed by atoms with Gasteiger partial charge in [-0.1, -0.05) is 13.0 Å². The van der Waals surface area contributed by atoms with Gasteiger partial charge in [-0.25, -0.2) is 13.2 Å². The number of hydrogen-bond donors (Lipinski definition) is 1. The Balaban J connectivity index is 2.58. The van der Waals surface area contributed by atoms with Gasteiger partial charge < -0.3 is 5.32 Å². The zero-order valence-electron chi connectivity index (χ0n) is 8.62. The molecule has 0 aromatic heterocycles. The van der Waals surface area contributed by atoms with Crippen molar-refractivity contribution in [2.75, 3.05) is 13.1 Å². The maximum absolute atomic E-state index is 13.1. The molecular weight excluding hydrogens is 203 g/mol. The van der Waals surface area contributed by atoms with Crippen LogP contribution in [0.4, 0.5) is 13.2 Å². The van der Waals surface area contributed by atoms with E-state index in [0.29, 0.717) is 13.0 Å². The third-order valence-electron chi connectivity index (χ3n) is 2.11. The Hall–Kier alpha value is -1.03. The topological polar surface area (TPSA) is 12.0 Å². The molecule has 1 N–H and O–H groups in total. The first kappa shape index (κ1) is 12.0. The van der Waals surface area contributed by atoms with E-state index in [-0.39, 0.29) is 5.56 Å². The fraction of sp³-hybridized carbons (Fsp3) is 0.455. The van der Waals surface area contributed by atoms with E-state index in [0.717, 1.165) is 19.0 Å². The minimum atomic E-state index is -1.39. The molecule has 0 aliphatic carbocycles. The summed E-state index contributed by atoms with van der Waals surface area (Å²) in [5.41, 5.74) is 0.206. The lowest BCUT2D eigenvalue weighted by atomic mass is 10.1. The van der Waals surface area contributed by atoms with Crippen LogP contribution in [0, 0.1) is 17.5 Å². The molecule has 0 atom stereocenters. The molecule has 0 amide bonds. The van der Waals surface area contributed by atoms with E-state index in [1.807, 2.05) is 6.92 Å². The molecular formula is C11H14F3N. The summed E-state index contributed by atoms with van der Waals surface area (Å²) >= 11 is 0. The number of hydrogen-bond acceptors (Lipinski definition) is 1. The van der Waals surface area contributed by atoms with Gasteiger partial charge in [0.25, 0.3) is 0 Å². The molecule has 0 saturated heterocycles. The van der Waals surface area contributed by atoms with Gasteiger partial charge in [0.2, 0.25) is 0 Å². The van der Waals surface area contributed by atoms with Gasteiger partial charge in [0.1, 0.15) is 0 Å². The second kappa shape index (κ2) is 5.75. The molecule has 0 bridgehead atoms. The molecule has 84 valence electrons. The quantitative estimate of drug-likeness (QED) is 0.590. The van der Waals surface area contributed by atoms with Crippen LogP contribution in [0.15, 0.2) is 12.1 Å². The molecule has 1 rings (SSSR count). The molecule has 0 radical (unpaired) electrons. The molecule has 0 aliphatic rings. The molecule has 0 fully saturated rings. The Labute approximate surface area is 87.3 Å². The van der Waals surface area contributed by atoms with Crippen LogP contribution in [0.25, 0.3) is 0 Å². The highest BCUT2D eigenvalue weighted by Gasteiger charge is 2.12. The summed E-state index contributed by atoms with van der Waals surface area (Å²) in [6, 6.07) is 2.23. The third kappa shape index (κ3) is 3.23. The predicted octanol–water partition coefficient (Wildman–Crippen LogP) is 2.65. The van der Waals surface area contributed by atoms with Gasteiger partial charge in [0.05, 0.1) is 0 Å². The first-order chi connectivity index (χ1) is 7.16. The molecule has 0 aliphatic heterocycles. The fourth-order valence-electron chi connectivity index (χ4n) is 1.28. The summed E-state index contributed by atoms with van der Waals surface area (Å²) in [5, 5.41) is 3.06. The monoisotopic (exact) mass is 217 g/mol. The maximum Gasteiger partial charge on any atom is 0.194 e. The Morgan fingerprint density at radius 3 is 2.47 bits per heavy atom. The van der Waals surface area contributed by atoms with Crippen LogP contribution in [0.3, 0.4) is 0 Å². The molecule has 1 aromatic rings. The third-order valence-corrected chi connectivity index (χ3v) is 2.11. The first-order valence-electron chi connectivity index (χ1n) is 5.00. The molecule has 15 heavy (non-hydrogen) atoms. The summed E-state index contributed by atoms with van der Waals surface area (Å²) in [7, 11) is 0. The van der Waals surface area contributed by atoms with Crippen molar-refractivity contribution in [1.29, 1.82) is 0 Å². The van der Waals surface area contributed by atoms with E-state index in [2.05, 4.69) is 5.32 Å². The summed E-state index contributed by atoms with van der Waals surface area (Å²) < 4.78 is 38.5. The van der Waals surface area contributed by atoms with Crippen LogP contribution < -0.4 is 5.32 Å². The first-order valence-corrected chi connectivity index (χ1v) is 5.00. The van der Waals surface area contributed by atoms with Gasteiger partial charge in [-0.2, -0.15) is 0 Å². The van der Waals surface area contributed by atoms with E-state index in [4.69, 9.17) is 0 Å². The average Bonchev–Trinajstić information content (AvgIpc) is 2.24. The van der Waals surface area contributed by atoms with Crippen molar-refractivity contribution in [3.8, 4) is 0 Å². The standard InChI is InChI=1S/C11H14F3N/c1-2-6-15-7-5-8-3-4-9(12)11(14)10(8)13/h3-4,15H,2,5-7H2,1H3. The van der Waals surface area contributed by atoms with Gasteiger partial charge in [-0.3, -0.25) is 0 Å². The molecule has 0 heterocycles. The highest BCUT2D eigenvalue weighted by Crippen LogP contribution is 2.15. The maximum atomic E-state index is 13.1. The average molecular weight is 217 g/mol. The molecule has 1 nitrogen and oxygen atoms in total. The van der Waals surface area contributed by atoms with Crippen molar-refractivity contribution in [1.82, 2.24) is 5.32 Å². The number of benzene rings is 1. The van der Waals surface area contributed by atoms with E-state index >= 15 is 0 Å². The van der Waals surface area contributed by atoms with E-state index in [9.17, 15) is 13.2 Å². The zero-order valence-corrected chi connectivity index (χ0v) is 8.62. The smallest absolute Gasteiger partial charge is 0.194 e. The van der Waals surface area contributed by atoms with E-state index in [1.54, 1.807) is 0 Å². The van der Waals surface area contributed by atoms with Crippen LogP contribution in [-0.4, -0.2) is 13.1 Å². The van der Waals surface area contributed by atoms with Crippen molar-refractivity contribution in [3.63, 3.8) is 0 Å². The van der Waals surface area contributed by atoms with Crippen LogP contribution in [-0.2, 0) is 6.42 Å². The fourth-order valence-corrected chi connectivity index (χ4v) is 1.28. The number of nitrogens with one attached hydrogen (secondary N) is 1. The second-order valence-electron chi connectivity index (χ2n) is 3.33. The van der Waals surface area contributed by atoms with Crippen molar-refractivity contribution in [2.24, 2.45) is 0 Å². The van der Waals surface area contributed by atoms with Crippen LogP contribution in [0.5, 0.6) is 0 Å². The number of halogens is 3. The van der Waals surface area contributed by atoms with Crippen molar-refractivity contribution in [2.45, 2.75) is 19.8 Å². The Bertz CT molecular complexity index is 326. The Morgan fingerprint density at radius 2 is 1.80 bits per heavy atom. The lowest BCUT2D eigenvalue weighted by molar-refractivity contribution is 0.440. The zero-order chi connectivity index (χ0) is 11.3. The van der Waals surface area contributed by atoms with Gasteiger partial charge in [0.15, 0.2) is 17.5 Å². The molecule has 0 spiro atoms. The lowest BCUT2D eigenvalue weighted by Gasteiger charge is -2.05. The van der Waals surface area contributed by atoms with E-state index < -0.39 is 17.5 Å². The second-order valence-corrected chi connectivity index (χ2v) is 3.33. The summed E-state index contributed by atoms with van der Waals surface area (Å²) in [4.78, 5) is 0. The van der Waals surface area contributed by atoms with Crippen LogP contribution in [0.1, 0.15) is 18.9 Å². The van der Waals surface area contributed by atoms with Gasteiger partial charge >= 0.3 is 0 Å². The highest BCUT2D eigenvalue weighted by atomic mass is 19.2. The van der Waals surface area contributed by atoms with Crippen molar-refractivity contribution in [3.05, 3.63) is 35.1 Å². The van der Waals surface area contributed by atoms with Crippen molar-refractivity contribution < 1.29 is 13.2 Å². The SMILES string of the molecule is CCCNCCc1ccc(F)c(F)c1F. The minimum Gasteiger partial charge on any atom is -0.316 e. The van der Waals surface area contributed by atoms with Gasteiger partial charge in [0, 0.05) is 0 Å². The summed E-state index contributed by atoms with van der Waals surface area (Å²) in [6.45, 7) is 3.42. The van der Waals surface area contributed by atoms with Gasteiger partial charge in [-0.15, -0.1) is 0 Å². The molecule has 1 aromatic carbocycles. The molecule has 0 saturated carbocycles. The Morgan fingerprint density at radius 1 is 1.07 bits per heavy atom. The van der Waals surface area contributed by atoms with Crippen molar-refractivity contribution >= 4 is 0 Å². The van der Waals surface area contributed by atoms with Crippen LogP contribution in [0.2, 0.25) is 0 Å².